The first-order valence-corrected chi connectivity index (χ1v) is 3.23. The molecule has 1 rings (SSSR count). The van der Waals surface area contributed by atoms with Crippen molar-refractivity contribution < 1.29 is 4.79 Å². The van der Waals surface area contributed by atoms with Crippen molar-refractivity contribution in [3.05, 3.63) is 12.2 Å². The Morgan fingerprint density at radius 1 is 1.89 bits per heavy atom. The highest BCUT2D eigenvalue weighted by Gasteiger charge is 2.22. The molecule has 1 aliphatic rings. The Hall–Kier alpha value is -0.790. The molecule has 0 saturated carbocycles. The second-order valence-corrected chi connectivity index (χ2v) is 2.27. The Balaban J connectivity index is 2.10. The molecule has 0 aromatic rings. The molecule has 0 radical (unpaired) electrons. The van der Waals surface area contributed by atoms with Crippen molar-refractivity contribution in [1.82, 2.24) is 5.32 Å². The highest BCUT2D eigenvalue weighted by molar-refractivity contribution is 5.82. The second kappa shape index (κ2) is 2.67. The van der Waals surface area contributed by atoms with Crippen LogP contribution in [0.1, 0.15) is 19.8 Å². The van der Waals surface area contributed by atoms with Gasteiger partial charge in [0.05, 0.1) is 0 Å². The SMILES string of the molecule is CC=CCC1CC(=O)N1. The van der Waals surface area contributed by atoms with Gasteiger partial charge in [-0.15, -0.1) is 0 Å². The standard InChI is InChI=1S/C7H11NO/c1-2-3-4-6-5-7(9)8-6/h2-3,6H,4-5H2,1H3,(H,8,9). The molecule has 1 amide bonds. The fourth-order valence-electron chi connectivity index (χ4n) is 0.873. The maximum absolute atomic E-state index is 10.3. The van der Waals surface area contributed by atoms with Crippen LogP contribution >= 0.6 is 0 Å². The summed E-state index contributed by atoms with van der Waals surface area (Å²) in [6, 6.07) is 0.425. The minimum absolute atomic E-state index is 0.185. The van der Waals surface area contributed by atoms with Crippen molar-refractivity contribution in [3.63, 3.8) is 0 Å². The summed E-state index contributed by atoms with van der Waals surface area (Å²) in [6.07, 6.45) is 5.78. The van der Waals surface area contributed by atoms with Gasteiger partial charge < -0.3 is 5.32 Å². The number of amides is 1. The predicted octanol–water partition coefficient (Wildman–Crippen LogP) is 0.841. The fraction of sp³-hybridized carbons (Fsp3) is 0.571. The minimum Gasteiger partial charge on any atom is -0.352 e. The number of hydrogen-bond acceptors (Lipinski definition) is 1. The van der Waals surface area contributed by atoms with Gasteiger partial charge in [0.15, 0.2) is 0 Å². The number of carbonyl (C=O) groups excluding carboxylic acids is 1. The first-order chi connectivity index (χ1) is 4.33. The van der Waals surface area contributed by atoms with E-state index in [0.717, 1.165) is 6.42 Å². The largest absolute Gasteiger partial charge is 0.352 e. The molecule has 0 aromatic carbocycles. The minimum atomic E-state index is 0.185. The summed E-state index contributed by atoms with van der Waals surface area (Å²) >= 11 is 0. The number of nitrogens with one attached hydrogen (secondary N) is 1. The third-order valence-electron chi connectivity index (χ3n) is 1.45. The van der Waals surface area contributed by atoms with E-state index in [0.29, 0.717) is 12.5 Å². The Labute approximate surface area is 54.9 Å². The molecule has 2 nitrogen and oxygen atoms in total. The quantitative estimate of drug-likeness (QED) is 0.430. The zero-order valence-electron chi connectivity index (χ0n) is 5.55. The van der Waals surface area contributed by atoms with Gasteiger partial charge in [-0.2, -0.15) is 0 Å². The van der Waals surface area contributed by atoms with Crippen molar-refractivity contribution in [2.24, 2.45) is 0 Å². The smallest absolute Gasteiger partial charge is 0.222 e. The molecule has 0 spiro atoms. The molecule has 0 aromatic heterocycles. The van der Waals surface area contributed by atoms with Crippen molar-refractivity contribution in [2.75, 3.05) is 0 Å². The van der Waals surface area contributed by atoms with Crippen molar-refractivity contribution in [1.29, 1.82) is 0 Å². The average Bonchev–Trinajstić information content (AvgIpc) is 1.78. The Morgan fingerprint density at radius 2 is 2.56 bits per heavy atom. The first kappa shape index (κ1) is 6.33. The van der Waals surface area contributed by atoms with E-state index in [2.05, 4.69) is 11.4 Å². The molecular formula is C7H11NO. The van der Waals surface area contributed by atoms with Gasteiger partial charge in [-0.1, -0.05) is 12.2 Å². The molecule has 1 saturated heterocycles. The summed E-state index contributed by atoms with van der Waals surface area (Å²) in [5, 5.41) is 2.79. The lowest BCUT2D eigenvalue weighted by Crippen LogP contribution is -2.47. The molecule has 1 aliphatic heterocycles. The van der Waals surface area contributed by atoms with Gasteiger partial charge in [0.25, 0.3) is 0 Å². The van der Waals surface area contributed by atoms with Crippen molar-refractivity contribution >= 4 is 5.91 Å². The normalized spacial score (nSPS) is 25.9. The van der Waals surface area contributed by atoms with Gasteiger partial charge in [0.2, 0.25) is 5.91 Å². The highest BCUT2D eigenvalue weighted by atomic mass is 16.2. The number of carbonyl (C=O) groups is 1. The van der Waals surface area contributed by atoms with Gasteiger partial charge in [0.1, 0.15) is 0 Å². The van der Waals surface area contributed by atoms with E-state index in [9.17, 15) is 4.79 Å². The molecule has 1 heterocycles. The van der Waals surface area contributed by atoms with Crippen LogP contribution in [0.15, 0.2) is 12.2 Å². The molecule has 0 aliphatic carbocycles. The summed E-state index contributed by atoms with van der Waals surface area (Å²) in [5.74, 6) is 0.185. The van der Waals surface area contributed by atoms with E-state index >= 15 is 0 Å². The summed E-state index contributed by atoms with van der Waals surface area (Å²) in [7, 11) is 0. The van der Waals surface area contributed by atoms with Crippen LogP contribution in [-0.2, 0) is 4.79 Å². The van der Waals surface area contributed by atoms with Crippen LogP contribution in [0.2, 0.25) is 0 Å². The number of hydrogen-bond donors (Lipinski definition) is 1. The summed E-state index contributed by atoms with van der Waals surface area (Å²) in [4.78, 5) is 10.3. The van der Waals surface area contributed by atoms with Gasteiger partial charge >= 0.3 is 0 Å². The lowest BCUT2D eigenvalue weighted by atomic mass is 10.0. The lowest BCUT2D eigenvalue weighted by molar-refractivity contribution is -0.128. The van der Waals surface area contributed by atoms with Crippen LogP contribution in [0.5, 0.6) is 0 Å². The molecule has 1 atom stereocenters. The zero-order valence-corrected chi connectivity index (χ0v) is 5.55. The van der Waals surface area contributed by atoms with Crippen LogP contribution < -0.4 is 5.32 Å². The molecule has 1 N–H and O–H groups in total. The summed E-state index contributed by atoms with van der Waals surface area (Å²) < 4.78 is 0. The third-order valence-corrected chi connectivity index (χ3v) is 1.45. The van der Waals surface area contributed by atoms with Gasteiger partial charge in [-0.05, 0) is 13.3 Å². The Morgan fingerprint density at radius 3 is 3.00 bits per heavy atom. The van der Waals surface area contributed by atoms with E-state index in [4.69, 9.17) is 0 Å². The zero-order chi connectivity index (χ0) is 6.69. The Kier molecular flexibility index (Phi) is 1.88. The second-order valence-electron chi connectivity index (χ2n) is 2.27. The number of allylic oxidation sites excluding steroid dienone is 1. The highest BCUT2D eigenvalue weighted by Crippen LogP contribution is 2.07. The monoisotopic (exact) mass is 125 g/mol. The van der Waals surface area contributed by atoms with Crippen LogP contribution in [0, 0.1) is 0 Å². The van der Waals surface area contributed by atoms with E-state index in [1.54, 1.807) is 0 Å². The van der Waals surface area contributed by atoms with E-state index in [1.807, 2.05) is 13.0 Å². The number of β-lactam (4-membered cyclic amide) rings is 1. The molecule has 1 fully saturated rings. The maximum Gasteiger partial charge on any atom is 0.222 e. The van der Waals surface area contributed by atoms with Crippen LogP contribution in [0.25, 0.3) is 0 Å². The van der Waals surface area contributed by atoms with Gasteiger partial charge in [-0.3, -0.25) is 4.79 Å². The lowest BCUT2D eigenvalue weighted by Gasteiger charge is -2.25. The number of rotatable bonds is 2. The van der Waals surface area contributed by atoms with E-state index in [1.165, 1.54) is 0 Å². The molecule has 50 valence electrons. The Bertz CT molecular complexity index is 132. The van der Waals surface area contributed by atoms with Gasteiger partial charge in [0, 0.05) is 12.5 Å². The average molecular weight is 125 g/mol. The molecule has 9 heavy (non-hydrogen) atoms. The van der Waals surface area contributed by atoms with Crippen molar-refractivity contribution in [2.45, 2.75) is 25.8 Å². The summed E-state index contributed by atoms with van der Waals surface area (Å²) in [6.45, 7) is 1.99. The molecule has 1 unspecified atom stereocenters. The summed E-state index contributed by atoms with van der Waals surface area (Å²) in [5.41, 5.74) is 0. The maximum atomic E-state index is 10.3. The van der Waals surface area contributed by atoms with Crippen LogP contribution in [0.4, 0.5) is 0 Å². The first-order valence-electron chi connectivity index (χ1n) is 3.23. The van der Waals surface area contributed by atoms with Crippen molar-refractivity contribution in [3.8, 4) is 0 Å². The van der Waals surface area contributed by atoms with Gasteiger partial charge in [-0.25, -0.2) is 0 Å². The van der Waals surface area contributed by atoms with Crippen LogP contribution in [0.3, 0.4) is 0 Å². The molecule has 2 heteroatoms. The molecule has 0 bridgehead atoms. The third kappa shape index (κ3) is 1.56. The molecular weight excluding hydrogens is 114 g/mol. The van der Waals surface area contributed by atoms with E-state index < -0.39 is 0 Å². The van der Waals surface area contributed by atoms with Crippen LogP contribution in [-0.4, -0.2) is 11.9 Å². The fourth-order valence-corrected chi connectivity index (χ4v) is 0.873. The van der Waals surface area contributed by atoms with E-state index in [-0.39, 0.29) is 5.91 Å². The topological polar surface area (TPSA) is 29.1 Å². The predicted molar refractivity (Wildman–Crippen MR) is 36.0 cm³/mol.